The van der Waals surface area contributed by atoms with E-state index in [-0.39, 0.29) is 0 Å². The van der Waals surface area contributed by atoms with Gasteiger partial charge < -0.3 is 10.6 Å². The molecule has 0 amide bonds. The average molecular weight is 380 g/mol. The normalized spacial score (nSPS) is 10.0. The highest BCUT2D eigenvalue weighted by Gasteiger charge is 2.04. The molecule has 6 heteroatoms. The molecule has 2 N–H and O–H groups in total. The predicted molar refractivity (Wildman–Crippen MR) is 98.6 cm³/mol. The van der Waals surface area contributed by atoms with Crippen LogP contribution in [-0.4, -0.2) is 9.97 Å². The zero-order valence-corrected chi connectivity index (χ0v) is 14.5. The summed E-state index contributed by atoms with van der Waals surface area (Å²) < 4.78 is 0.950. The van der Waals surface area contributed by atoms with Gasteiger partial charge >= 0.3 is 0 Å². The first-order valence-corrected chi connectivity index (χ1v) is 8.07. The molecule has 3 rings (SSSR count). The Hall–Kier alpha value is -2.91. The van der Waals surface area contributed by atoms with Gasteiger partial charge in [-0.2, -0.15) is 10.2 Å². The predicted octanol–water partition coefficient (Wildman–Crippen LogP) is 4.91. The molecule has 5 nitrogen and oxygen atoms in total. The molecular formula is C18H14BrN5. The minimum absolute atomic E-state index is 0.487. The summed E-state index contributed by atoms with van der Waals surface area (Å²) in [6.45, 7) is 2.03. The second-order valence-corrected chi connectivity index (χ2v) is 6.05. The molecule has 24 heavy (non-hydrogen) atoms. The van der Waals surface area contributed by atoms with E-state index in [2.05, 4.69) is 42.6 Å². The molecule has 0 spiro atoms. The van der Waals surface area contributed by atoms with Gasteiger partial charge in [-0.15, -0.1) is 0 Å². The standard InChI is InChI=1S/C18H14BrN5/c1-12-5-6-16(15(19)9-12)23-18-21-8-7-17(24-18)22-14-4-2-3-13(10-14)11-20/h2-10H,1H3,(H2,21,22,23,24). The Balaban J connectivity index is 1.80. The average Bonchev–Trinajstić information content (AvgIpc) is 2.58. The van der Waals surface area contributed by atoms with E-state index in [4.69, 9.17) is 5.26 Å². The largest absolute Gasteiger partial charge is 0.340 e. The number of nitrogens with zero attached hydrogens (tertiary/aromatic N) is 3. The third-order valence-corrected chi connectivity index (χ3v) is 3.95. The summed E-state index contributed by atoms with van der Waals surface area (Å²) in [5, 5.41) is 15.3. The lowest BCUT2D eigenvalue weighted by atomic mass is 10.2. The highest BCUT2D eigenvalue weighted by Crippen LogP contribution is 2.26. The van der Waals surface area contributed by atoms with Crippen LogP contribution in [0.3, 0.4) is 0 Å². The lowest BCUT2D eigenvalue weighted by Gasteiger charge is -2.10. The molecule has 0 saturated carbocycles. The maximum atomic E-state index is 8.96. The van der Waals surface area contributed by atoms with Crippen LogP contribution in [0.25, 0.3) is 0 Å². The number of aromatic nitrogens is 2. The molecule has 2 aromatic carbocycles. The molecule has 1 aromatic heterocycles. The van der Waals surface area contributed by atoms with Crippen LogP contribution in [0, 0.1) is 18.3 Å². The van der Waals surface area contributed by atoms with Crippen molar-refractivity contribution in [1.82, 2.24) is 9.97 Å². The fourth-order valence-corrected chi connectivity index (χ4v) is 2.74. The van der Waals surface area contributed by atoms with Crippen molar-refractivity contribution in [1.29, 1.82) is 5.26 Å². The number of nitrogens with one attached hydrogen (secondary N) is 2. The summed E-state index contributed by atoms with van der Waals surface area (Å²) in [6, 6.07) is 17.1. The van der Waals surface area contributed by atoms with Gasteiger partial charge in [0, 0.05) is 16.4 Å². The van der Waals surface area contributed by atoms with Crippen molar-refractivity contribution in [2.24, 2.45) is 0 Å². The van der Waals surface area contributed by atoms with Crippen LogP contribution < -0.4 is 10.6 Å². The van der Waals surface area contributed by atoms with Gasteiger partial charge in [0.2, 0.25) is 5.95 Å². The summed E-state index contributed by atoms with van der Waals surface area (Å²) in [5.41, 5.74) is 3.46. The topological polar surface area (TPSA) is 73.6 Å². The van der Waals surface area contributed by atoms with Crippen LogP contribution in [0.2, 0.25) is 0 Å². The van der Waals surface area contributed by atoms with E-state index < -0.39 is 0 Å². The first kappa shape index (κ1) is 16.0. The van der Waals surface area contributed by atoms with Crippen molar-refractivity contribution in [2.45, 2.75) is 6.92 Å². The van der Waals surface area contributed by atoms with Gasteiger partial charge in [0.25, 0.3) is 0 Å². The van der Waals surface area contributed by atoms with Crippen molar-refractivity contribution in [3.05, 3.63) is 70.3 Å². The zero-order valence-electron chi connectivity index (χ0n) is 12.9. The van der Waals surface area contributed by atoms with Crippen LogP contribution in [0.1, 0.15) is 11.1 Å². The summed E-state index contributed by atoms with van der Waals surface area (Å²) in [6.07, 6.45) is 1.67. The highest BCUT2D eigenvalue weighted by atomic mass is 79.9. The van der Waals surface area contributed by atoms with Crippen LogP contribution in [0.15, 0.2) is 59.2 Å². The number of halogens is 1. The van der Waals surface area contributed by atoms with Crippen LogP contribution in [0.5, 0.6) is 0 Å². The van der Waals surface area contributed by atoms with E-state index in [0.29, 0.717) is 17.3 Å². The van der Waals surface area contributed by atoms with Gasteiger partial charge in [-0.1, -0.05) is 12.1 Å². The molecule has 0 aliphatic rings. The minimum atomic E-state index is 0.487. The molecular weight excluding hydrogens is 366 g/mol. The van der Waals surface area contributed by atoms with Crippen molar-refractivity contribution in [3.8, 4) is 6.07 Å². The van der Waals surface area contributed by atoms with Crippen molar-refractivity contribution >= 4 is 39.1 Å². The molecule has 0 bridgehead atoms. The summed E-state index contributed by atoms with van der Waals surface area (Å²) in [4.78, 5) is 8.68. The van der Waals surface area contributed by atoms with Gasteiger partial charge in [0.05, 0.1) is 17.3 Å². The molecule has 0 unspecified atom stereocenters. The highest BCUT2D eigenvalue weighted by molar-refractivity contribution is 9.10. The maximum Gasteiger partial charge on any atom is 0.229 e. The molecule has 0 aliphatic carbocycles. The minimum Gasteiger partial charge on any atom is -0.340 e. The third-order valence-electron chi connectivity index (χ3n) is 3.29. The number of benzene rings is 2. The SMILES string of the molecule is Cc1ccc(Nc2nccc(Nc3cccc(C#N)c3)n2)c(Br)c1. The molecule has 118 valence electrons. The van der Waals surface area contributed by atoms with Gasteiger partial charge in [-0.3, -0.25) is 0 Å². The van der Waals surface area contributed by atoms with Crippen molar-refractivity contribution < 1.29 is 0 Å². The molecule has 0 atom stereocenters. The molecule has 0 aliphatic heterocycles. The Bertz CT molecular complexity index is 917. The fourth-order valence-electron chi connectivity index (χ4n) is 2.14. The summed E-state index contributed by atoms with van der Waals surface area (Å²) in [7, 11) is 0. The smallest absolute Gasteiger partial charge is 0.229 e. The summed E-state index contributed by atoms with van der Waals surface area (Å²) in [5.74, 6) is 1.13. The van der Waals surface area contributed by atoms with Crippen LogP contribution in [-0.2, 0) is 0 Å². The van der Waals surface area contributed by atoms with Crippen LogP contribution in [0.4, 0.5) is 23.1 Å². The van der Waals surface area contributed by atoms with Gasteiger partial charge in [0.1, 0.15) is 5.82 Å². The van der Waals surface area contributed by atoms with E-state index in [9.17, 15) is 0 Å². The second kappa shape index (κ2) is 7.11. The Morgan fingerprint density at radius 3 is 2.75 bits per heavy atom. The fraction of sp³-hybridized carbons (Fsp3) is 0.0556. The molecule has 0 saturated heterocycles. The second-order valence-electron chi connectivity index (χ2n) is 5.19. The third kappa shape index (κ3) is 3.89. The number of aryl methyl sites for hydroxylation is 1. The van der Waals surface area contributed by atoms with Crippen molar-refractivity contribution in [3.63, 3.8) is 0 Å². The quantitative estimate of drug-likeness (QED) is 0.673. The number of nitriles is 1. The van der Waals surface area contributed by atoms with Gasteiger partial charge in [0.15, 0.2) is 0 Å². The van der Waals surface area contributed by atoms with E-state index in [1.807, 2.05) is 37.3 Å². The molecule has 0 radical (unpaired) electrons. The Labute approximate surface area is 148 Å². The number of hydrogen-bond acceptors (Lipinski definition) is 5. The van der Waals surface area contributed by atoms with E-state index >= 15 is 0 Å². The Morgan fingerprint density at radius 2 is 1.96 bits per heavy atom. The van der Waals surface area contributed by atoms with Gasteiger partial charge in [-0.05, 0) is 64.8 Å². The molecule has 0 fully saturated rings. The number of anilines is 4. The number of hydrogen-bond donors (Lipinski definition) is 2. The molecule has 1 heterocycles. The van der Waals surface area contributed by atoms with Crippen molar-refractivity contribution in [2.75, 3.05) is 10.6 Å². The number of rotatable bonds is 4. The first-order valence-electron chi connectivity index (χ1n) is 7.27. The van der Waals surface area contributed by atoms with E-state index in [1.54, 1.807) is 24.4 Å². The molecule has 3 aromatic rings. The first-order chi connectivity index (χ1) is 11.6. The Kier molecular flexibility index (Phi) is 4.73. The Morgan fingerprint density at radius 1 is 1.08 bits per heavy atom. The monoisotopic (exact) mass is 379 g/mol. The zero-order chi connectivity index (χ0) is 16.9. The van der Waals surface area contributed by atoms with Gasteiger partial charge in [-0.25, -0.2) is 4.98 Å². The summed E-state index contributed by atoms with van der Waals surface area (Å²) >= 11 is 3.53. The van der Waals surface area contributed by atoms with E-state index in [0.717, 1.165) is 15.8 Å². The lowest BCUT2D eigenvalue weighted by molar-refractivity contribution is 1.16. The van der Waals surface area contributed by atoms with E-state index in [1.165, 1.54) is 5.56 Å². The van der Waals surface area contributed by atoms with Crippen LogP contribution >= 0.6 is 15.9 Å². The maximum absolute atomic E-state index is 8.96. The lowest BCUT2D eigenvalue weighted by Crippen LogP contribution is -2.01.